The number of amides is 1. The fourth-order valence-corrected chi connectivity index (χ4v) is 5.85. The van der Waals surface area contributed by atoms with Crippen molar-refractivity contribution in [1.82, 2.24) is 14.8 Å². The topological polar surface area (TPSA) is 39.3 Å². The van der Waals surface area contributed by atoms with Gasteiger partial charge in [-0.25, -0.2) is 0 Å². The number of rotatable bonds is 7. The van der Waals surface area contributed by atoms with E-state index in [-0.39, 0.29) is 5.91 Å². The van der Waals surface area contributed by atoms with Gasteiger partial charge in [0.05, 0.1) is 0 Å². The van der Waals surface area contributed by atoms with Crippen LogP contribution in [0.15, 0.2) is 79.0 Å². The molecule has 2 aliphatic rings. The van der Waals surface area contributed by atoms with Crippen LogP contribution in [0.1, 0.15) is 59.6 Å². The molecule has 1 amide bonds. The van der Waals surface area contributed by atoms with Crippen molar-refractivity contribution in [2.75, 3.05) is 19.6 Å². The Balaban J connectivity index is 1.40. The SMILES string of the molecule is O=C(c1ccccc1)N(C[C@@H]1CN(Cc2ccc[nH]2)C[C@@H]1c1ccccc1)C1CCCCC1. The second kappa shape index (κ2) is 10.4. The summed E-state index contributed by atoms with van der Waals surface area (Å²) in [6, 6.07) is 25.4. The molecule has 1 saturated carbocycles. The van der Waals surface area contributed by atoms with E-state index in [0.717, 1.165) is 44.6 Å². The fraction of sp³-hybridized carbons (Fsp3) is 0.414. The zero-order chi connectivity index (χ0) is 22.5. The highest BCUT2D eigenvalue weighted by molar-refractivity contribution is 5.94. The Morgan fingerprint density at radius 2 is 1.61 bits per heavy atom. The van der Waals surface area contributed by atoms with Gasteiger partial charge in [-0.05, 0) is 48.6 Å². The van der Waals surface area contributed by atoms with Crippen LogP contribution >= 0.6 is 0 Å². The first-order valence-electron chi connectivity index (χ1n) is 12.5. The van der Waals surface area contributed by atoms with Crippen LogP contribution in [0.4, 0.5) is 0 Å². The number of carbonyl (C=O) groups is 1. The molecule has 1 aliphatic heterocycles. The van der Waals surface area contributed by atoms with E-state index in [9.17, 15) is 4.79 Å². The number of hydrogen-bond acceptors (Lipinski definition) is 2. The van der Waals surface area contributed by atoms with Gasteiger partial charge in [0.2, 0.25) is 0 Å². The Kier molecular flexibility index (Phi) is 6.92. The molecule has 4 heteroatoms. The van der Waals surface area contributed by atoms with Crippen LogP contribution in [0.25, 0.3) is 0 Å². The maximum atomic E-state index is 13.7. The third-order valence-corrected chi connectivity index (χ3v) is 7.53. The fourth-order valence-electron chi connectivity index (χ4n) is 5.85. The lowest BCUT2D eigenvalue weighted by Gasteiger charge is -2.37. The summed E-state index contributed by atoms with van der Waals surface area (Å²) in [6.07, 6.45) is 8.02. The maximum absolute atomic E-state index is 13.7. The van der Waals surface area contributed by atoms with Gasteiger partial charge < -0.3 is 9.88 Å². The van der Waals surface area contributed by atoms with Crippen LogP contribution in [-0.2, 0) is 6.54 Å². The van der Waals surface area contributed by atoms with Crippen molar-refractivity contribution in [3.8, 4) is 0 Å². The van der Waals surface area contributed by atoms with Crippen molar-refractivity contribution in [3.05, 3.63) is 95.8 Å². The minimum Gasteiger partial charge on any atom is -0.364 e. The molecule has 0 spiro atoms. The summed E-state index contributed by atoms with van der Waals surface area (Å²) < 4.78 is 0. The lowest BCUT2D eigenvalue weighted by atomic mass is 9.87. The summed E-state index contributed by atoms with van der Waals surface area (Å²) in [5.74, 6) is 1.07. The summed E-state index contributed by atoms with van der Waals surface area (Å²) >= 11 is 0. The molecule has 2 aromatic carbocycles. The van der Waals surface area contributed by atoms with Crippen LogP contribution in [0.5, 0.6) is 0 Å². The number of aromatic amines is 1. The summed E-state index contributed by atoms with van der Waals surface area (Å²) in [6.45, 7) is 3.82. The predicted molar refractivity (Wildman–Crippen MR) is 133 cm³/mol. The van der Waals surface area contributed by atoms with Crippen LogP contribution in [0.3, 0.4) is 0 Å². The molecule has 172 valence electrons. The van der Waals surface area contributed by atoms with Crippen molar-refractivity contribution < 1.29 is 4.79 Å². The molecule has 2 heterocycles. The monoisotopic (exact) mass is 441 g/mol. The molecule has 33 heavy (non-hydrogen) atoms. The van der Waals surface area contributed by atoms with E-state index < -0.39 is 0 Å². The largest absolute Gasteiger partial charge is 0.364 e. The van der Waals surface area contributed by atoms with Gasteiger partial charge in [0, 0.05) is 55.6 Å². The summed E-state index contributed by atoms with van der Waals surface area (Å²) in [5, 5.41) is 0. The lowest BCUT2D eigenvalue weighted by Crippen LogP contribution is -2.45. The van der Waals surface area contributed by atoms with Crippen LogP contribution < -0.4 is 0 Å². The number of nitrogens with zero attached hydrogens (tertiary/aromatic N) is 2. The Bertz CT molecular complexity index is 996. The third-order valence-electron chi connectivity index (χ3n) is 7.53. The molecule has 1 aliphatic carbocycles. The first kappa shape index (κ1) is 22.0. The quantitative estimate of drug-likeness (QED) is 0.510. The van der Waals surface area contributed by atoms with E-state index in [1.54, 1.807) is 0 Å². The molecule has 1 N–H and O–H groups in total. The second-order valence-electron chi connectivity index (χ2n) is 9.78. The molecule has 0 radical (unpaired) electrons. The van der Waals surface area contributed by atoms with Gasteiger partial charge in [-0.2, -0.15) is 0 Å². The van der Waals surface area contributed by atoms with Gasteiger partial charge in [-0.1, -0.05) is 67.8 Å². The van der Waals surface area contributed by atoms with E-state index in [1.165, 1.54) is 30.5 Å². The molecular formula is C29H35N3O. The Morgan fingerprint density at radius 1 is 0.879 bits per heavy atom. The number of aromatic nitrogens is 1. The Morgan fingerprint density at radius 3 is 2.30 bits per heavy atom. The zero-order valence-electron chi connectivity index (χ0n) is 19.4. The van der Waals surface area contributed by atoms with Gasteiger partial charge in [0.1, 0.15) is 0 Å². The van der Waals surface area contributed by atoms with Crippen molar-refractivity contribution in [2.24, 2.45) is 5.92 Å². The van der Waals surface area contributed by atoms with Crippen molar-refractivity contribution in [3.63, 3.8) is 0 Å². The minimum absolute atomic E-state index is 0.206. The van der Waals surface area contributed by atoms with E-state index >= 15 is 0 Å². The molecule has 1 aromatic heterocycles. The molecule has 0 bridgehead atoms. The number of hydrogen-bond donors (Lipinski definition) is 1. The first-order chi connectivity index (χ1) is 16.3. The molecule has 2 fully saturated rings. The van der Waals surface area contributed by atoms with Crippen molar-refractivity contribution >= 4 is 5.91 Å². The Hall–Kier alpha value is -2.85. The number of H-pyrrole nitrogens is 1. The van der Waals surface area contributed by atoms with E-state index in [4.69, 9.17) is 0 Å². The highest BCUT2D eigenvalue weighted by Gasteiger charge is 2.37. The second-order valence-corrected chi connectivity index (χ2v) is 9.78. The van der Waals surface area contributed by atoms with Crippen LogP contribution in [0.2, 0.25) is 0 Å². The van der Waals surface area contributed by atoms with Gasteiger partial charge in [0.15, 0.2) is 0 Å². The van der Waals surface area contributed by atoms with E-state index in [2.05, 4.69) is 57.2 Å². The van der Waals surface area contributed by atoms with Gasteiger partial charge in [-0.3, -0.25) is 9.69 Å². The molecule has 2 atom stereocenters. The predicted octanol–water partition coefficient (Wildman–Crippen LogP) is 5.71. The number of carbonyl (C=O) groups excluding carboxylic acids is 1. The highest BCUT2D eigenvalue weighted by atomic mass is 16.2. The average molecular weight is 442 g/mol. The van der Waals surface area contributed by atoms with Crippen LogP contribution in [-0.4, -0.2) is 46.4 Å². The smallest absolute Gasteiger partial charge is 0.254 e. The molecule has 4 nitrogen and oxygen atoms in total. The highest BCUT2D eigenvalue weighted by Crippen LogP contribution is 2.36. The maximum Gasteiger partial charge on any atom is 0.254 e. The lowest BCUT2D eigenvalue weighted by molar-refractivity contribution is 0.0588. The minimum atomic E-state index is 0.206. The van der Waals surface area contributed by atoms with E-state index in [0.29, 0.717) is 17.9 Å². The molecule has 3 aromatic rings. The van der Waals surface area contributed by atoms with Crippen molar-refractivity contribution in [2.45, 2.75) is 50.6 Å². The molecule has 0 unspecified atom stereocenters. The Labute approximate surface area is 197 Å². The van der Waals surface area contributed by atoms with Crippen molar-refractivity contribution in [1.29, 1.82) is 0 Å². The summed E-state index contributed by atoms with van der Waals surface area (Å²) in [7, 11) is 0. The molecular weight excluding hydrogens is 406 g/mol. The summed E-state index contributed by atoms with van der Waals surface area (Å²) in [5.41, 5.74) is 3.47. The first-order valence-corrected chi connectivity index (χ1v) is 12.5. The molecule has 1 saturated heterocycles. The van der Waals surface area contributed by atoms with Gasteiger partial charge in [-0.15, -0.1) is 0 Å². The standard InChI is InChI=1S/C29H35N3O/c33-29(24-13-6-2-7-14-24)32(27-16-8-3-9-17-27)20-25-19-31(21-26-15-10-18-30-26)22-28(25)23-11-4-1-5-12-23/h1-2,4-7,10-15,18,25,27-28,30H,3,8-9,16-17,19-22H2/t25-,28+/m0/s1. The number of likely N-dealkylation sites (tertiary alicyclic amines) is 1. The third kappa shape index (κ3) is 5.22. The van der Waals surface area contributed by atoms with Gasteiger partial charge in [0.25, 0.3) is 5.91 Å². The normalized spacial score (nSPS) is 21.8. The molecule has 5 rings (SSSR count). The zero-order valence-corrected chi connectivity index (χ0v) is 19.4. The number of nitrogens with one attached hydrogen (secondary N) is 1. The van der Waals surface area contributed by atoms with E-state index in [1.807, 2.05) is 36.5 Å². The summed E-state index contributed by atoms with van der Waals surface area (Å²) in [4.78, 5) is 21.9. The number of benzene rings is 2. The van der Waals surface area contributed by atoms with Gasteiger partial charge >= 0.3 is 0 Å². The van der Waals surface area contributed by atoms with Crippen LogP contribution in [0, 0.1) is 5.92 Å². The average Bonchev–Trinajstić information content (AvgIpc) is 3.54.